The molecule has 5 heteroatoms. The fourth-order valence-electron chi connectivity index (χ4n) is 0.230. The van der Waals surface area contributed by atoms with Crippen molar-refractivity contribution in [2.24, 2.45) is 0 Å². The summed E-state index contributed by atoms with van der Waals surface area (Å²) in [4.78, 5) is 20.0. The van der Waals surface area contributed by atoms with Crippen molar-refractivity contribution in [2.45, 2.75) is 14.9 Å². The van der Waals surface area contributed by atoms with E-state index < -0.39 is 26.7 Å². The predicted octanol–water partition coefficient (Wildman–Crippen LogP) is 1.18. The largest absolute Gasteiger partial charge is 0.478 e. The first-order valence-corrected chi connectivity index (χ1v) is 3.47. The Morgan fingerprint density at radius 2 is 1.73 bits per heavy atom. The molecular formula is C6H15O4P. The Morgan fingerprint density at radius 1 is 1.27 bits per heavy atom. The SMILES string of the molecule is C.C.O=C(CO)CPC(=O)O. The maximum absolute atomic E-state index is 10.2. The summed E-state index contributed by atoms with van der Waals surface area (Å²) in [5.74, 6) is -0.421. The summed E-state index contributed by atoms with van der Waals surface area (Å²) in [7, 11) is -0.417. The number of hydrogen-bond donors (Lipinski definition) is 2. The number of aliphatic hydroxyl groups excluding tert-OH is 1. The average Bonchev–Trinajstić information content (AvgIpc) is 1.83. The van der Waals surface area contributed by atoms with Gasteiger partial charge in [-0.2, -0.15) is 0 Å². The lowest BCUT2D eigenvalue weighted by Crippen LogP contribution is -2.06. The number of Topliss-reactive ketones (excluding diaryl/α,β-unsaturated/α-hetero) is 1. The Balaban J connectivity index is -0.000000320. The molecule has 0 aliphatic rings. The first-order chi connectivity index (χ1) is 4.16. The van der Waals surface area contributed by atoms with E-state index in [1.54, 1.807) is 0 Å². The van der Waals surface area contributed by atoms with Gasteiger partial charge in [0.2, 0.25) is 0 Å². The summed E-state index contributed by atoms with van der Waals surface area (Å²) in [6, 6.07) is 0. The molecule has 0 bridgehead atoms. The van der Waals surface area contributed by atoms with E-state index in [9.17, 15) is 9.59 Å². The molecule has 0 aromatic heterocycles. The van der Waals surface area contributed by atoms with Gasteiger partial charge >= 0.3 is 5.71 Å². The molecule has 0 aliphatic heterocycles. The van der Waals surface area contributed by atoms with Gasteiger partial charge in [-0.05, 0) is 0 Å². The highest BCUT2D eigenvalue weighted by molar-refractivity contribution is 7.57. The van der Waals surface area contributed by atoms with E-state index in [2.05, 4.69) is 0 Å². The molecule has 4 nitrogen and oxygen atoms in total. The first kappa shape index (κ1) is 16.9. The van der Waals surface area contributed by atoms with Gasteiger partial charge in [0.05, 0.1) is 0 Å². The molecule has 0 fully saturated rings. The highest BCUT2D eigenvalue weighted by Gasteiger charge is 2.01. The molecule has 11 heavy (non-hydrogen) atoms. The Bertz CT molecular complexity index is 124. The van der Waals surface area contributed by atoms with Crippen LogP contribution in [0.2, 0.25) is 0 Å². The zero-order valence-corrected chi connectivity index (χ0v) is 5.63. The lowest BCUT2D eigenvalue weighted by molar-refractivity contribution is -0.119. The molecule has 0 saturated carbocycles. The van der Waals surface area contributed by atoms with E-state index in [0.717, 1.165) is 0 Å². The second-order valence-corrected chi connectivity index (χ2v) is 2.49. The number of carbonyl (C=O) groups excluding carboxylic acids is 1. The standard InChI is InChI=1S/C4H7O4P.2CH4/c5-1-3(6)2-9-4(7)8;;/h5,9H,1-2H2,(H,7,8);2*1H4. The van der Waals surface area contributed by atoms with Gasteiger partial charge < -0.3 is 10.2 Å². The Morgan fingerprint density at radius 3 is 2.00 bits per heavy atom. The molecule has 0 spiro atoms. The lowest BCUT2D eigenvalue weighted by atomic mass is 10.5. The summed E-state index contributed by atoms with van der Waals surface area (Å²) in [6.07, 6.45) is -0.0498. The van der Waals surface area contributed by atoms with Crippen LogP contribution in [0.5, 0.6) is 0 Å². The summed E-state index contributed by atoms with van der Waals surface area (Å²) in [5, 5.41) is 16.1. The fraction of sp³-hybridized carbons (Fsp3) is 0.667. The van der Waals surface area contributed by atoms with E-state index in [1.807, 2.05) is 0 Å². The van der Waals surface area contributed by atoms with Gasteiger partial charge in [-0.1, -0.05) is 14.9 Å². The molecule has 0 saturated heterocycles. The van der Waals surface area contributed by atoms with E-state index >= 15 is 0 Å². The van der Waals surface area contributed by atoms with Crippen molar-refractivity contribution in [3.8, 4) is 0 Å². The molecule has 0 amide bonds. The van der Waals surface area contributed by atoms with Crippen molar-refractivity contribution in [1.29, 1.82) is 0 Å². The van der Waals surface area contributed by atoms with Crippen molar-refractivity contribution in [3.05, 3.63) is 0 Å². The summed E-state index contributed by atoms with van der Waals surface area (Å²) in [6.45, 7) is -0.555. The van der Waals surface area contributed by atoms with Crippen LogP contribution in [0.1, 0.15) is 14.9 Å². The second-order valence-electron chi connectivity index (χ2n) is 1.36. The third-order valence-electron chi connectivity index (χ3n) is 0.613. The summed E-state index contributed by atoms with van der Waals surface area (Å²) < 4.78 is 0. The molecule has 0 heterocycles. The monoisotopic (exact) mass is 182 g/mol. The molecule has 0 radical (unpaired) electrons. The van der Waals surface area contributed by atoms with Crippen LogP contribution in [0.25, 0.3) is 0 Å². The van der Waals surface area contributed by atoms with Gasteiger partial charge in [0.15, 0.2) is 5.78 Å². The van der Waals surface area contributed by atoms with Crippen molar-refractivity contribution in [3.63, 3.8) is 0 Å². The van der Waals surface area contributed by atoms with Crippen LogP contribution in [0.15, 0.2) is 0 Å². The van der Waals surface area contributed by atoms with Crippen LogP contribution >= 0.6 is 8.58 Å². The van der Waals surface area contributed by atoms with Crippen molar-refractivity contribution in [2.75, 3.05) is 12.8 Å². The highest BCUT2D eigenvalue weighted by Crippen LogP contribution is 2.08. The normalized spacial score (nSPS) is 8.45. The van der Waals surface area contributed by atoms with E-state index in [4.69, 9.17) is 10.2 Å². The number of carboxylic acid groups (broad SMARTS) is 1. The fourth-order valence-corrected chi connectivity index (χ4v) is 0.690. The Labute approximate surface area is 68.4 Å². The van der Waals surface area contributed by atoms with E-state index in [0.29, 0.717) is 0 Å². The maximum Gasteiger partial charge on any atom is 0.320 e. The minimum atomic E-state index is -0.989. The molecule has 0 aliphatic carbocycles. The predicted molar refractivity (Wildman–Crippen MR) is 46.8 cm³/mol. The first-order valence-electron chi connectivity index (χ1n) is 2.26. The minimum absolute atomic E-state index is 0. The molecule has 2 N–H and O–H groups in total. The van der Waals surface area contributed by atoms with Crippen LogP contribution in [0, 0.1) is 0 Å². The molecule has 0 rings (SSSR count). The van der Waals surface area contributed by atoms with Crippen LogP contribution < -0.4 is 0 Å². The quantitative estimate of drug-likeness (QED) is 0.640. The zero-order valence-electron chi connectivity index (χ0n) is 4.63. The van der Waals surface area contributed by atoms with Crippen molar-refractivity contribution in [1.82, 2.24) is 0 Å². The number of hydrogen-bond acceptors (Lipinski definition) is 3. The average molecular weight is 182 g/mol. The van der Waals surface area contributed by atoms with Crippen LogP contribution in [0.3, 0.4) is 0 Å². The zero-order chi connectivity index (χ0) is 7.28. The molecule has 1 unspecified atom stereocenters. The summed E-state index contributed by atoms with van der Waals surface area (Å²) >= 11 is 0. The van der Waals surface area contributed by atoms with Gasteiger partial charge in [-0.3, -0.25) is 4.79 Å². The van der Waals surface area contributed by atoms with Gasteiger partial charge in [0, 0.05) is 14.7 Å². The molecule has 0 aromatic rings. The van der Waals surface area contributed by atoms with E-state index in [1.165, 1.54) is 0 Å². The van der Waals surface area contributed by atoms with Gasteiger partial charge in [0.25, 0.3) is 0 Å². The minimum Gasteiger partial charge on any atom is -0.478 e. The third-order valence-corrected chi connectivity index (χ3v) is 1.49. The summed E-state index contributed by atoms with van der Waals surface area (Å²) in [5.41, 5.74) is -0.989. The number of carbonyl (C=O) groups is 2. The molecule has 1 atom stereocenters. The second kappa shape index (κ2) is 9.53. The maximum atomic E-state index is 10.2. The molecule has 68 valence electrons. The van der Waals surface area contributed by atoms with Gasteiger partial charge in [-0.25, -0.2) is 4.79 Å². The number of aliphatic hydroxyl groups is 1. The Kier molecular flexibility index (Phi) is 14.6. The van der Waals surface area contributed by atoms with Gasteiger partial charge in [-0.15, -0.1) is 0 Å². The Hall–Kier alpha value is -0.470. The smallest absolute Gasteiger partial charge is 0.320 e. The molecular weight excluding hydrogens is 167 g/mol. The van der Waals surface area contributed by atoms with Crippen LogP contribution in [-0.4, -0.2) is 34.5 Å². The van der Waals surface area contributed by atoms with Gasteiger partial charge in [0.1, 0.15) is 6.61 Å². The van der Waals surface area contributed by atoms with Crippen molar-refractivity contribution < 1.29 is 19.8 Å². The third kappa shape index (κ3) is 12.7. The number of rotatable bonds is 4. The molecule has 0 aromatic carbocycles. The van der Waals surface area contributed by atoms with E-state index in [-0.39, 0.29) is 21.0 Å². The topological polar surface area (TPSA) is 74.6 Å². The number of ketones is 1. The van der Waals surface area contributed by atoms with Crippen LogP contribution in [-0.2, 0) is 4.79 Å². The van der Waals surface area contributed by atoms with Crippen LogP contribution in [0.4, 0.5) is 4.79 Å². The highest BCUT2D eigenvalue weighted by atomic mass is 31.1. The van der Waals surface area contributed by atoms with Crippen molar-refractivity contribution >= 4 is 20.1 Å². The lowest BCUT2D eigenvalue weighted by Gasteiger charge is -1.90.